The molecule has 8 nitrogen and oxygen atoms in total. The molecule has 0 aromatic rings. The maximum absolute atomic E-state index is 11.5. The Morgan fingerprint density at radius 1 is 1.53 bits per heavy atom. The lowest BCUT2D eigenvalue weighted by Gasteiger charge is -2.20. The molecular formula is C7H13N3O5S2. The molecular weight excluding hydrogens is 270 g/mol. The van der Waals surface area contributed by atoms with E-state index in [2.05, 4.69) is 5.32 Å². The number of urea groups is 1. The summed E-state index contributed by atoms with van der Waals surface area (Å²) in [5.41, 5.74) is 0. The van der Waals surface area contributed by atoms with Gasteiger partial charge in [0.2, 0.25) is 10.0 Å². The first-order valence-corrected chi connectivity index (χ1v) is 7.54. The number of carbonyl (C=O) groups is 2. The zero-order valence-corrected chi connectivity index (χ0v) is 10.5. The molecule has 0 aromatic heterocycles. The summed E-state index contributed by atoms with van der Waals surface area (Å²) in [5, 5.41) is 15.9. The summed E-state index contributed by atoms with van der Waals surface area (Å²) < 4.78 is 21.2. The van der Waals surface area contributed by atoms with Gasteiger partial charge in [-0.15, -0.1) is 11.8 Å². The fourth-order valence-corrected chi connectivity index (χ4v) is 2.78. The lowest BCUT2D eigenvalue weighted by atomic mass is 10.3. The fraction of sp³-hybridized carbons (Fsp3) is 0.714. The number of aliphatic carboxylic acids is 1. The van der Waals surface area contributed by atoms with Gasteiger partial charge in [-0.3, -0.25) is 0 Å². The van der Waals surface area contributed by atoms with Crippen LogP contribution in [0.25, 0.3) is 0 Å². The average molecular weight is 283 g/mol. The molecule has 1 unspecified atom stereocenters. The van der Waals surface area contributed by atoms with Gasteiger partial charge in [0.05, 0.1) is 11.6 Å². The molecule has 17 heavy (non-hydrogen) atoms. The molecule has 2 amide bonds. The number of hydrogen-bond donors (Lipinski definition) is 3. The van der Waals surface area contributed by atoms with E-state index in [1.807, 2.05) is 0 Å². The SMILES string of the molecule is NS(=O)(=O)CCNC(=O)N1CSCC1C(=O)O. The lowest BCUT2D eigenvalue weighted by molar-refractivity contribution is -0.140. The molecule has 1 aliphatic rings. The third-order valence-corrected chi connectivity index (χ3v) is 3.88. The molecule has 1 atom stereocenters. The van der Waals surface area contributed by atoms with Crippen molar-refractivity contribution in [2.75, 3.05) is 23.9 Å². The molecule has 0 bridgehead atoms. The van der Waals surface area contributed by atoms with Crippen molar-refractivity contribution in [1.29, 1.82) is 0 Å². The van der Waals surface area contributed by atoms with E-state index < -0.39 is 28.1 Å². The second-order valence-electron chi connectivity index (χ2n) is 3.42. The highest BCUT2D eigenvalue weighted by Gasteiger charge is 2.34. The number of carbonyl (C=O) groups excluding carboxylic acids is 1. The summed E-state index contributed by atoms with van der Waals surface area (Å²) in [6.07, 6.45) is 0. The summed E-state index contributed by atoms with van der Waals surface area (Å²) in [4.78, 5) is 23.5. The van der Waals surface area contributed by atoms with Crippen LogP contribution in [-0.4, -0.2) is 60.4 Å². The van der Waals surface area contributed by atoms with Crippen molar-refractivity contribution in [1.82, 2.24) is 10.2 Å². The Hall–Kier alpha value is -1.00. The normalized spacial score (nSPS) is 20.3. The van der Waals surface area contributed by atoms with Crippen LogP contribution in [0, 0.1) is 0 Å². The maximum Gasteiger partial charge on any atom is 0.327 e. The first-order valence-electron chi connectivity index (χ1n) is 4.67. The summed E-state index contributed by atoms with van der Waals surface area (Å²) in [6, 6.07) is -1.46. The van der Waals surface area contributed by atoms with Crippen LogP contribution in [0.5, 0.6) is 0 Å². The van der Waals surface area contributed by atoms with E-state index in [4.69, 9.17) is 10.2 Å². The number of rotatable bonds is 4. The van der Waals surface area contributed by atoms with Gasteiger partial charge >= 0.3 is 12.0 Å². The van der Waals surface area contributed by atoms with Crippen LogP contribution < -0.4 is 10.5 Å². The number of sulfonamides is 1. The van der Waals surface area contributed by atoms with Gasteiger partial charge < -0.3 is 15.3 Å². The lowest BCUT2D eigenvalue weighted by Crippen LogP contribution is -2.47. The Kier molecular flexibility index (Phi) is 4.60. The molecule has 1 heterocycles. The highest BCUT2D eigenvalue weighted by Crippen LogP contribution is 2.20. The average Bonchev–Trinajstić information content (AvgIpc) is 2.63. The maximum atomic E-state index is 11.5. The molecule has 1 rings (SSSR count). The van der Waals surface area contributed by atoms with Gasteiger partial charge in [-0.1, -0.05) is 0 Å². The third kappa shape index (κ3) is 4.40. The Balaban J connectivity index is 2.45. The quantitative estimate of drug-likeness (QED) is 0.572. The van der Waals surface area contributed by atoms with Gasteiger partial charge in [0.25, 0.3) is 0 Å². The fourth-order valence-electron chi connectivity index (χ4n) is 1.25. The van der Waals surface area contributed by atoms with Crippen molar-refractivity contribution >= 4 is 33.8 Å². The monoisotopic (exact) mass is 283 g/mol. The standard InChI is InChI=1S/C7H13N3O5S2/c8-17(14,15)2-1-9-7(13)10-4-16-3-5(10)6(11)12/h5H,1-4H2,(H,9,13)(H,11,12)(H2,8,14,15). The molecule has 98 valence electrons. The van der Waals surface area contributed by atoms with Crippen molar-refractivity contribution in [3.8, 4) is 0 Å². The van der Waals surface area contributed by atoms with E-state index in [1.54, 1.807) is 0 Å². The predicted octanol–water partition coefficient (Wildman–Crippen LogP) is -1.56. The highest BCUT2D eigenvalue weighted by atomic mass is 32.2. The van der Waals surface area contributed by atoms with Crippen molar-refractivity contribution in [3.63, 3.8) is 0 Å². The van der Waals surface area contributed by atoms with Gasteiger partial charge in [-0.05, 0) is 0 Å². The van der Waals surface area contributed by atoms with Crippen molar-refractivity contribution in [2.45, 2.75) is 6.04 Å². The molecule has 1 saturated heterocycles. The minimum Gasteiger partial charge on any atom is -0.480 e. The number of hydrogen-bond acceptors (Lipinski definition) is 5. The number of carboxylic acids is 1. The third-order valence-electron chi connectivity index (χ3n) is 2.09. The van der Waals surface area contributed by atoms with Crippen LogP contribution in [0.3, 0.4) is 0 Å². The molecule has 10 heteroatoms. The minimum absolute atomic E-state index is 0.134. The zero-order chi connectivity index (χ0) is 13.1. The smallest absolute Gasteiger partial charge is 0.327 e. The summed E-state index contributed by atoms with van der Waals surface area (Å²) in [5.74, 6) is -0.843. The molecule has 1 fully saturated rings. The molecule has 4 N–H and O–H groups in total. The summed E-state index contributed by atoms with van der Waals surface area (Å²) in [6.45, 7) is -0.134. The van der Waals surface area contributed by atoms with Crippen molar-refractivity contribution < 1.29 is 23.1 Å². The number of carboxylic acid groups (broad SMARTS) is 1. The molecule has 0 spiro atoms. The van der Waals surface area contributed by atoms with Crippen LogP contribution in [0.15, 0.2) is 0 Å². The van der Waals surface area contributed by atoms with Gasteiger partial charge in [-0.25, -0.2) is 23.1 Å². The van der Waals surface area contributed by atoms with Crippen molar-refractivity contribution in [2.24, 2.45) is 5.14 Å². The number of nitrogens with one attached hydrogen (secondary N) is 1. The van der Waals surface area contributed by atoms with Crippen LogP contribution in [-0.2, 0) is 14.8 Å². The van der Waals surface area contributed by atoms with Crippen molar-refractivity contribution in [3.05, 3.63) is 0 Å². The van der Waals surface area contributed by atoms with Crippen LogP contribution in [0.1, 0.15) is 0 Å². The number of thioether (sulfide) groups is 1. The predicted molar refractivity (Wildman–Crippen MR) is 62.0 cm³/mol. The van der Waals surface area contributed by atoms with E-state index in [0.29, 0.717) is 5.75 Å². The summed E-state index contributed by atoms with van der Waals surface area (Å²) in [7, 11) is -3.63. The van der Waals surface area contributed by atoms with Gasteiger partial charge in [0.15, 0.2) is 0 Å². The molecule has 0 aromatic carbocycles. The minimum atomic E-state index is -3.63. The zero-order valence-electron chi connectivity index (χ0n) is 8.83. The highest BCUT2D eigenvalue weighted by molar-refractivity contribution is 7.99. The topological polar surface area (TPSA) is 130 Å². The van der Waals surface area contributed by atoms with E-state index >= 15 is 0 Å². The van der Waals surface area contributed by atoms with Crippen LogP contribution in [0.4, 0.5) is 4.79 Å². The Labute approximate surface area is 103 Å². The number of amides is 2. The number of primary sulfonamides is 1. The Bertz CT molecular complexity index is 410. The summed E-state index contributed by atoms with van der Waals surface area (Å²) >= 11 is 1.33. The van der Waals surface area contributed by atoms with Crippen LogP contribution in [0.2, 0.25) is 0 Å². The number of nitrogens with zero attached hydrogens (tertiary/aromatic N) is 1. The van der Waals surface area contributed by atoms with Gasteiger partial charge in [-0.2, -0.15) is 0 Å². The van der Waals surface area contributed by atoms with E-state index in [-0.39, 0.29) is 18.2 Å². The van der Waals surface area contributed by atoms with Crippen LogP contribution >= 0.6 is 11.8 Å². The number of nitrogens with two attached hydrogens (primary N) is 1. The van der Waals surface area contributed by atoms with E-state index in [0.717, 1.165) is 4.90 Å². The molecule has 1 aliphatic heterocycles. The van der Waals surface area contributed by atoms with Gasteiger partial charge in [0.1, 0.15) is 6.04 Å². The first-order chi connectivity index (χ1) is 7.81. The molecule has 0 aliphatic carbocycles. The molecule has 0 saturated carbocycles. The second-order valence-corrected chi connectivity index (χ2v) is 6.16. The second kappa shape index (κ2) is 5.56. The van der Waals surface area contributed by atoms with E-state index in [9.17, 15) is 18.0 Å². The Morgan fingerprint density at radius 2 is 2.18 bits per heavy atom. The van der Waals surface area contributed by atoms with Gasteiger partial charge in [0, 0.05) is 12.3 Å². The van der Waals surface area contributed by atoms with E-state index in [1.165, 1.54) is 11.8 Å². The molecule has 0 radical (unpaired) electrons. The largest absolute Gasteiger partial charge is 0.480 e. The first kappa shape index (κ1) is 14.1. The Morgan fingerprint density at radius 3 is 2.71 bits per heavy atom.